The number of nitrogens with one attached hydrogen (secondary N) is 1. The standard InChI is InChI=1S/C18H19N5O2/c1-23-12-14(11-21-18-19-6-2-7-20-18)17(22-23)13-4-5-15-16(10-13)25-9-3-8-24-15/h2,4-7,10,12H,3,8-9,11H2,1H3,(H,19,20,21). The van der Waals surface area contributed by atoms with Crippen LogP contribution in [-0.2, 0) is 13.6 Å². The second kappa shape index (κ2) is 6.80. The lowest BCUT2D eigenvalue weighted by Crippen LogP contribution is -2.03. The zero-order valence-electron chi connectivity index (χ0n) is 14.0. The van der Waals surface area contributed by atoms with Gasteiger partial charge in [0.1, 0.15) is 0 Å². The van der Waals surface area contributed by atoms with Crippen LogP contribution in [0.25, 0.3) is 11.3 Å². The predicted octanol–water partition coefficient (Wildman–Crippen LogP) is 2.65. The molecule has 0 bridgehead atoms. The van der Waals surface area contributed by atoms with E-state index >= 15 is 0 Å². The number of aryl methyl sites for hydroxylation is 1. The van der Waals surface area contributed by atoms with E-state index < -0.39 is 0 Å². The molecule has 0 aliphatic carbocycles. The first kappa shape index (κ1) is 15.4. The molecular formula is C18H19N5O2. The highest BCUT2D eigenvalue weighted by atomic mass is 16.5. The van der Waals surface area contributed by atoms with Gasteiger partial charge in [-0.3, -0.25) is 4.68 Å². The maximum absolute atomic E-state index is 5.79. The topological polar surface area (TPSA) is 74.1 Å². The van der Waals surface area contributed by atoms with Crippen LogP contribution in [0.3, 0.4) is 0 Å². The van der Waals surface area contributed by atoms with Gasteiger partial charge in [-0.15, -0.1) is 0 Å². The third-order valence-corrected chi connectivity index (χ3v) is 3.93. The van der Waals surface area contributed by atoms with Gasteiger partial charge < -0.3 is 14.8 Å². The predicted molar refractivity (Wildman–Crippen MR) is 93.6 cm³/mol. The number of hydrogen-bond donors (Lipinski definition) is 1. The first-order valence-electron chi connectivity index (χ1n) is 8.23. The molecule has 0 radical (unpaired) electrons. The molecule has 128 valence electrons. The molecule has 0 spiro atoms. The van der Waals surface area contributed by atoms with Crippen LogP contribution in [0.15, 0.2) is 42.9 Å². The van der Waals surface area contributed by atoms with E-state index in [9.17, 15) is 0 Å². The summed E-state index contributed by atoms with van der Waals surface area (Å²) in [4.78, 5) is 8.37. The van der Waals surface area contributed by atoms with Crippen LogP contribution in [0, 0.1) is 0 Å². The molecule has 7 heteroatoms. The number of rotatable bonds is 4. The fraction of sp³-hybridized carbons (Fsp3) is 0.278. The van der Waals surface area contributed by atoms with Crippen molar-refractivity contribution >= 4 is 5.95 Å². The van der Waals surface area contributed by atoms with Crippen LogP contribution in [0.5, 0.6) is 11.5 Å². The van der Waals surface area contributed by atoms with Crippen LogP contribution in [0.1, 0.15) is 12.0 Å². The molecular weight excluding hydrogens is 318 g/mol. The zero-order chi connectivity index (χ0) is 17.1. The number of fused-ring (bicyclic) bond motifs is 1. The molecule has 0 saturated heterocycles. The van der Waals surface area contributed by atoms with Gasteiger partial charge in [0, 0.05) is 49.7 Å². The fourth-order valence-corrected chi connectivity index (χ4v) is 2.79. The Morgan fingerprint density at radius 1 is 1.12 bits per heavy atom. The van der Waals surface area contributed by atoms with Gasteiger partial charge in [-0.2, -0.15) is 5.10 Å². The molecule has 3 aromatic rings. The second-order valence-corrected chi connectivity index (χ2v) is 5.81. The first-order chi connectivity index (χ1) is 12.3. The average molecular weight is 337 g/mol. The van der Waals surface area contributed by atoms with Crippen molar-refractivity contribution in [2.45, 2.75) is 13.0 Å². The molecule has 7 nitrogen and oxygen atoms in total. The molecule has 0 unspecified atom stereocenters. The van der Waals surface area contributed by atoms with Gasteiger partial charge >= 0.3 is 0 Å². The largest absolute Gasteiger partial charge is 0.490 e. The second-order valence-electron chi connectivity index (χ2n) is 5.81. The lowest BCUT2D eigenvalue weighted by molar-refractivity contribution is 0.297. The summed E-state index contributed by atoms with van der Waals surface area (Å²) in [6.07, 6.45) is 6.31. The van der Waals surface area contributed by atoms with Gasteiger partial charge in [0.15, 0.2) is 11.5 Å². The zero-order valence-corrected chi connectivity index (χ0v) is 14.0. The molecule has 1 aliphatic rings. The number of hydrogen-bond acceptors (Lipinski definition) is 6. The minimum absolute atomic E-state index is 0.585. The smallest absolute Gasteiger partial charge is 0.222 e. The maximum Gasteiger partial charge on any atom is 0.222 e. The molecule has 4 rings (SSSR count). The Balaban J connectivity index is 1.61. The number of aromatic nitrogens is 4. The van der Waals surface area contributed by atoms with Crippen molar-refractivity contribution in [2.75, 3.05) is 18.5 Å². The molecule has 3 heterocycles. The third kappa shape index (κ3) is 3.40. The van der Waals surface area contributed by atoms with Gasteiger partial charge in [-0.05, 0) is 24.3 Å². The van der Waals surface area contributed by atoms with E-state index in [4.69, 9.17) is 9.47 Å². The summed E-state index contributed by atoms with van der Waals surface area (Å²) in [5.41, 5.74) is 2.96. The molecule has 0 amide bonds. The van der Waals surface area contributed by atoms with Crippen LogP contribution in [-0.4, -0.2) is 33.0 Å². The van der Waals surface area contributed by atoms with Crippen molar-refractivity contribution in [1.29, 1.82) is 0 Å². The van der Waals surface area contributed by atoms with Gasteiger partial charge in [-0.1, -0.05) is 0 Å². The Kier molecular flexibility index (Phi) is 4.20. The van der Waals surface area contributed by atoms with Crippen molar-refractivity contribution in [1.82, 2.24) is 19.7 Å². The first-order valence-corrected chi connectivity index (χ1v) is 8.23. The molecule has 25 heavy (non-hydrogen) atoms. The molecule has 0 fully saturated rings. The van der Waals surface area contributed by atoms with E-state index in [1.165, 1.54) is 0 Å². The monoisotopic (exact) mass is 337 g/mol. The van der Waals surface area contributed by atoms with Gasteiger partial charge in [0.05, 0.1) is 18.9 Å². The summed E-state index contributed by atoms with van der Waals surface area (Å²) in [5.74, 6) is 2.15. The van der Waals surface area contributed by atoms with Gasteiger partial charge in [0.25, 0.3) is 0 Å². The van der Waals surface area contributed by atoms with Crippen molar-refractivity contribution in [3.05, 3.63) is 48.4 Å². The van der Waals surface area contributed by atoms with E-state index in [1.54, 1.807) is 23.1 Å². The SMILES string of the molecule is Cn1cc(CNc2ncccn2)c(-c2ccc3c(c2)OCCCO3)n1. The lowest BCUT2D eigenvalue weighted by Gasteiger charge is -2.09. The van der Waals surface area contributed by atoms with Crippen LogP contribution < -0.4 is 14.8 Å². The van der Waals surface area contributed by atoms with Gasteiger partial charge in [0.2, 0.25) is 5.95 Å². The number of nitrogens with zero attached hydrogens (tertiary/aromatic N) is 4. The summed E-state index contributed by atoms with van der Waals surface area (Å²) in [6.45, 7) is 1.93. The number of benzene rings is 1. The summed E-state index contributed by atoms with van der Waals surface area (Å²) in [5, 5.41) is 7.83. The van der Waals surface area contributed by atoms with E-state index in [-0.39, 0.29) is 0 Å². The highest BCUT2D eigenvalue weighted by Crippen LogP contribution is 2.34. The Hall–Kier alpha value is -3.09. The Bertz CT molecular complexity index is 863. The minimum atomic E-state index is 0.585. The normalized spacial score (nSPS) is 13.3. The Labute approximate surface area is 145 Å². The van der Waals surface area contributed by atoms with E-state index in [2.05, 4.69) is 20.4 Å². The highest BCUT2D eigenvalue weighted by molar-refractivity contribution is 5.67. The summed E-state index contributed by atoms with van der Waals surface area (Å²) < 4.78 is 13.3. The van der Waals surface area contributed by atoms with E-state index in [1.807, 2.05) is 31.4 Å². The van der Waals surface area contributed by atoms with Gasteiger partial charge in [-0.25, -0.2) is 9.97 Å². The Morgan fingerprint density at radius 3 is 2.76 bits per heavy atom. The van der Waals surface area contributed by atoms with Crippen LogP contribution in [0.4, 0.5) is 5.95 Å². The maximum atomic E-state index is 5.79. The average Bonchev–Trinajstić information content (AvgIpc) is 2.86. The number of anilines is 1. The molecule has 1 N–H and O–H groups in total. The lowest BCUT2D eigenvalue weighted by atomic mass is 10.1. The highest BCUT2D eigenvalue weighted by Gasteiger charge is 2.15. The number of ether oxygens (including phenoxy) is 2. The Morgan fingerprint density at radius 2 is 1.92 bits per heavy atom. The molecule has 1 aliphatic heterocycles. The van der Waals surface area contributed by atoms with Crippen molar-refractivity contribution < 1.29 is 9.47 Å². The molecule has 0 atom stereocenters. The summed E-state index contributed by atoms with van der Waals surface area (Å²) in [6, 6.07) is 7.74. The van der Waals surface area contributed by atoms with E-state index in [0.717, 1.165) is 34.7 Å². The van der Waals surface area contributed by atoms with Crippen molar-refractivity contribution in [3.8, 4) is 22.8 Å². The van der Waals surface area contributed by atoms with E-state index in [0.29, 0.717) is 25.7 Å². The third-order valence-electron chi connectivity index (χ3n) is 3.93. The molecule has 2 aromatic heterocycles. The quantitative estimate of drug-likeness (QED) is 0.789. The summed E-state index contributed by atoms with van der Waals surface area (Å²) in [7, 11) is 1.91. The van der Waals surface area contributed by atoms with Crippen molar-refractivity contribution in [3.63, 3.8) is 0 Å². The minimum Gasteiger partial charge on any atom is -0.490 e. The fourth-order valence-electron chi connectivity index (χ4n) is 2.79. The molecule has 1 aromatic carbocycles. The van der Waals surface area contributed by atoms with Crippen LogP contribution in [0.2, 0.25) is 0 Å². The molecule has 0 saturated carbocycles. The van der Waals surface area contributed by atoms with Crippen LogP contribution >= 0.6 is 0 Å². The summed E-state index contributed by atoms with van der Waals surface area (Å²) >= 11 is 0. The van der Waals surface area contributed by atoms with Crippen molar-refractivity contribution in [2.24, 2.45) is 7.05 Å².